The zero-order valence-corrected chi connectivity index (χ0v) is 11.9. The van der Waals surface area contributed by atoms with Crippen LogP contribution < -0.4 is 0 Å². The molecule has 0 radical (unpaired) electrons. The first kappa shape index (κ1) is 13.5. The fourth-order valence-corrected chi connectivity index (χ4v) is 3.93. The Morgan fingerprint density at radius 3 is 2.75 bits per heavy atom. The molecule has 0 saturated heterocycles. The normalized spacial score (nSPS) is 21.1. The predicted molar refractivity (Wildman–Crippen MR) is 77.7 cm³/mol. The van der Waals surface area contributed by atoms with Gasteiger partial charge in [-0.2, -0.15) is 0 Å². The number of carboxylic acids is 1. The molecule has 1 N–H and O–H groups in total. The van der Waals surface area contributed by atoms with E-state index >= 15 is 0 Å². The highest BCUT2D eigenvalue weighted by molar-refractivity contribution is 8.00. The Morgan fingerprint density at radius 2 is 2.05 bits per heavy atom. The lowest BCUT2D eigenvalue weighted by atomic mass is 10.0. The minimum atomic E-state index is -0.931. The van der Waals surface area contributed by atoms with Crippen molar-refractivity contribution in [1.29, 1.82) is 0 Å². The van der Waals surface area contributed by atoms with Gasteiger partial charge < -0.3 is 10.0 Å². The van der Waals surface area contributed by atoms with Crippen LogP contribution >= 0.6 is 11.8 Å². The second-order valence-electron chi connectivity index (χ2n) is 5.29. The number of benzene rings is 1. The number of aryl methyl sites for hydroxylation is 1. The van der Waals surface area contributed by atoms with Gasteiger partial charge >= 0.3 is 5.97 Å². The van der Waals surface area contributed by atoms with Gasteiger partial charge in [-0.3, -0.25) is 9.59 Å². The van der Waals surface area contributed by atoms with E-state index in [2.05, 4.69) is 6.07 Å². The van der Waals surface area contributed by atoms with Crippen LogP contribution in [0.4, 0.5) is 0 Å². The SMILES string of the molecule is O=C(O)CN(C(=O)[C@@H]1SCCc2ccccc21)C1CC1. The molecule has 4 nitrogen and oxygen atoms in total. The van der Waals surface area contributed by atoms with Crippen LogP contribution in [-0.2, 0) is 16.0 Å². The highest BCUT2D eigenvalue weighted by Gasteiger charge is 2.38. The summed E-state index contributed by atoms with van der Waals surface area (Å²) in [7, 11) is 0. The van der Waals surface area contributed by atoms with Crippen LogP contribution in [0.15, 0.2) is 24.3 Å². The Balaban J connectivity index is 1.84. The van der Waals surface area contributed by atoms with Gasteiger partial charge in [0, 0.05) is 6.04 Å². The average molecular weight is 291 g/mol. The number of amides is 1. The van der Waals surface area contributed by atoms with Crippen LogP contribution in [0, 0.1) is 0 Å². The Hall–Kier alpha value is -1.49. The summed E-state index contributed by atoms with van der Waals surface area (Å²) in [6.45, 7) is -0.178. The number of carbonyl (C=O) groups is 2. The quantitative estimate of drug-likeness (QED) is 0.923. The lowest BCUT2D eigenvalue weighted by Crippen LogP contribution is -2.40. The van der Waals surface area contributed by atoms with Gasteiger partial charge in [-0.05, 0) is 36.1 Å². The molecule has 3 rings (SSSR count). The maximum Gasteiger partial charge on any atom is 0.323 e. The number of rotatable bonds is 4. The summed E-state index contributed by atoms with van der Waals surface area (Å²) >= 11 is 1.63. The van der Waals surface area contributed by atoms with Crippen molar-refractivity contribution in [3.8, 4) is 0 Å². The fraction of sp³-hybridized carbons (Fsp3) is 0.467. The summed E-state index contributed by atoms with van der Waals surface area (Å²) in [6, 6.07) is 8.13. The monoisotopic (exact) mass is 291 g/mol. The topological polar surface area (TPSA) is 57.6 Å². The van der Waals surface area contributed by atoms with E-state index in [4.69, 9.17) is 5.11 Å². The van der Waals surface area contributed by atoms with Gasteiger partial charge in [0.2, 0.25) is 5.91 Å². The van der Waals surface area contributed by atoms with E-state index in [1.807, 2.05) is 18.2 Å². The van der Waals surface area contributed by atoms with Gasteiger partial charge in [0.1, 0.15) is 11.8 Å². The molecule has 1 atom stereocenters. The molecule has 1 fully saturated rings. The van der Waals surface area contributed by atoms with Gasteiger partial charge in [-0.15, -0.1) is 11.8 Å². The number of aliphatic carboxylic acids is 1. The zero-order chi connectivity index (χ0) is 14.1. The minimum Gasteiger partial charge on any atom is -0.480 e. The van der Waals surface area contributed by atoms with Crippen LogP contribution in [0.3, 0.4) is 0 Å². The Labute approximate surface area is 122 Å². The van der Waals surface area contributed by atoms with Gasteiger partial charge in [-0.25, -0.2) is 0 Å². The minimum absolute atomic E-state index is 0.0351. The molecule has 1 aromatic rings. The molecule has 1 aliphatic heterocycles. The Bertz CT molecular complexity index is 542. The lowest BCUT2D eigenvalue weighted by molar-refractivity contribution is -0.144. The molecule has 1 amide bonds. The van der Waals surface area contributed by atoms with E-state index < -0.39 is 5.97 Å². The standard InChI is InChI=1S/C15H17NO3S/c17-13(18)9-16(11-5-6-11)15(19)14-12-4-2-1-3-10(12)7-8-20-14/h1-4,11,14H,5-9H2,(H,17,18)/t14-/m1/s1. The molecule has 1 saturated carbocycles. The highest BCUT2D eigenvalue weighted by Crippen LogP contribution is 2.40. The van der Waals surface area contributed by atoms with Gasteiger partial charge in [0.05, 0.1) is 0 Å². The van der Waals surface area contributed by atoms with Crippen molar-refractivity contribution in [2.24, 2.45) is 0 Å². The molecule has 1 aromatic carbocycles. The third-order valence-electron chi connectivity index (χ3n) is 3.79. The van der Waals surface area contributed by atoms with Gasteiger partial charge in [0.25, 0.3) is 0 Å². The van der Waals surface area contributed by atoms with Crippen molar-refractivity contribution >= 4 is 23.6 Å². The number of nitrogens with zero attached hydrogens (tertiary/aromatic N) is 1. The van der Waals surface area contributed by atoms with Crippen molar-refractivity contribution in [2.45, 2.75) is 30.6 Å². The molecule has 1 aliphatic carbocycles. The summed E-state index contributed by atoms with van der Waals surface area (Å²) < 4.78 is 0. The van der Waals surface area contributed by atoms with Gasteiger partial charge in [-0.1, -0.05) is 24.3 Å². The molecule has 0 bridgehead atoms. The van der Waals surface area contributed by atoms with Crippen LogP contribution in [-0.4, -0.2) is 40.2 Å². The summed E-state index contributed by atoms with van der Waals surface area (Å²) in [5.74, 6) is -0.0506. The summed E-state index contributed by atoms with van der Waals surface area (Å²) in [6.07, 6.45) is 2.84. The first-order valence-electron chi connectivity index (χ1n) is 6.88. The molecule has 0 aromatic heterocycles. The first-order valence-corrected chi connectivity index (χ1v) is 7.93. The average Bonchev–Trinajstić information content (AvgIpc) is 3.28. The van der Waals surface area contributed by atoms with E-state index in [1.165, 1.54) is 5.56 Å². The lowest BCUT2D eigenvalue weighted by Gasteiger charge is -2.29. The molecular weight excluding hydrogens is 274 g/mol. The first-order chi connectivity index (χ1) is 9.66. The molecule has 0 spiro atoms. The number of hydrogen-bond acceptors (Lipinski definition) is 3. The second-order valence-corrected chi connectivity index (χ2v) is 6.50. The summed E-state index contributed by atoms with van der Waals surface area (Å²) in [4.78, 5) is 25.3. The Kier molecular flexibility index (Phi) is 3.70. The maximum absolute atomic E-state index is 12.7. The van der Waals surface area contributed by atoms with E-state index in [0.717, 1.165) is 30.6 Å². The summed E-state index contributed by atoms with van der Waals surface area (Å²) in [5, 5.41) is 8.77. The van der Waals surface area contributed by atoms with E-state index in [1.54, 1.807) is 16.7 Å². The smallest absolute Gasteiger partial charge is 0.323 e. The van der Waals surface area contributed by atoms with Gasteiger partial charge in [0.15, 0.2) is 0 Å². The molecule has 1 heterocycles. The number of fused-ring (bicyclic) bond motifs is 1. The van der Waals surface area contributed by atoms with Crippen LogP contribution in [0.25, 0.3) is 0 Å². The van der Waals surface area contributed by atoms with Crippen LogP contribution in [0.1, 0.15) is 29.2 Å². The summed E-state index contributed by atoms with van der Waals surface area (Å²) in [5.41, 5.74) is 2.28. The molecule has 0 unspecified atom stereocenters. The van der Waals surface area contributed by atoms with Crippen molar-refractivity contribution in [3.05, 3.63) is 35.4 Å². The highest BCUT2D eigenvalue weighted by atomic mass is 32.2. The maximum atomic E-state index is 12.7. The molecule has 20 heavy (non-hydrogen) atoms. The van der Waals surface area contributed by atoms with Crippen LogP contribution in [0.2, 0.25) is 0 Å². The van der Waals surface area contributed by atoms with E-state index in [0.29, 0.717) is 0 Å². The van der Waals surface area contributed by atoms with E-state index in [9.17, 15) is 9.59 Å². The fourth-order valence-electron chi connectivity index (χ4n) is 2.67. The largest absolute Gasteiger partial charge is 0.480 e. The number of thioether (sulfide) groups is 1. The van der Waals surface area contributed by atoms with Crippen molar-refractivity contribution < 1.29 is 14.7 Å². The number of hydrogen-bond donors (Lipinski definition) is 1. The molecule has 2 aliphatic rings. The second kappa shape index (κ2) is 5.48. The number of carbonyl (C=O) groups excluding carboxylic acids is 1. The Morgan fingerprint density at radius 1 is 1.30 bits per heavy atom. The van der Waals surface area contributed by atoms with Crippen LogP contribution in [0.5, 0.6) is 0 Å². The van der Waals surface area contributed by atoms with Crippen molar-refractivity contribution in [2.75, 3.05) is 12.3 Å². The number of carboxylic acid groups (broad SMARTS) is 1. The van der Waals surface area contributed by atoms with Crippen molar-refractivity contribution in [3.63, 3.8) is 0 Å². The molecule has 106 valence electrons. The third kappa shape index (κ3) is 2.68. The van der Waals surface area contributed by atoms with E-state index in [-0.39, 0.29) is 23.7 Å². The zero-order valence-electron chi connectivity index (χ0n) is 11.1. The van der Waals surface area contributed by atoms with Crippen molar-refractivity contribution in [1.82, 2.24) is 4.90 Å². The predicted octanol–water partition coefficient (Wildman–Crippen LogP) is 2.09. The molecular formula is C15H17NO3S. The third-order valence-corrected chi connectivity index (χ3v) is 5.02. The molecule has 5 heteroatoms.